The Morgan fingerprint density at radius 2 is 2.29 bits per heavy atom. The fourth-order valence-corrected chi connectivity index (χ4v) is 1.18. The van der Waals surface area contributed by atoms with Gasteiger partial charge in [0.1, 0.15) is 18.0 Å². The maximum absolute atomic E-state index is 10.9. The van der Waals surface area contributed by atoms with E-state index in [4.69, 9.17) is 5.11 Å². The van der Waals surface area contributed by atoms with Crippen LogP contribution >= 0.6 is 0 Å². The predicted octanol–water partition coefficient (Wildman–Crippen LogP) is 0.269. The van der Waals surface area contributed by atoms with Crippen molar-refractivity contribution in [3.63, 3.8) is 0 Å². The van der Waals surface area contributed by atoms with Crippen LogP contribution in [-0.4, -0.2) is 36.0 Å². The molecule has 9 nitrogen and oxygen atoms in total. The highest BCUT2D eigenvalue weighted by Gasteiger charge is 2.17. The summed E-state index contributed by atoms with van der Waals surface area (Å²) in [7, 11) is 0. The minimum absolute atomic E-state index is 0.0758. The van der Waals surface area contributed by atoms with Crippen LogP contribution in [-0.2, 0) is 0 Å². The maximum atomic E-state index is 10.9. The maximum Gasteiger partial charge on any atom is 0.339 e. The van der Waals surface area contributed by atoms with Gasteiger partial charge in [0.2, 0.25) is 0 Å². The molecule has 2 aromatic heterocycles. The Balaban J connectivity index is 2.52. The van der Waals surface area contributed by atoms with Gasteiger partial charge in [-0.3, -0.25) is 10.1 Å². The van der Waals surface area contributed by atoms with Gasteiger partial charge in [-0.25, -0.2) is 9.48 Å². The second kappa shape index (κ2) is 3.96. The van der Waals surface area contributed by atoms with Crippen LogP contribution in [0.25, 0.3) is 5.82 Å². The van der Waals surface area contributed by atoms with Crippen molar-refractivity contribution < 1.29 is 14.8 Å². The van der Waals surface area contributed by atoms with Crippen LogP contribution in [0.5, 0.6) is 0 Å². The zero-order valence-electron chi connectivity index (χ0n) is 8.22. The molecule has 0 spiro atoms. The normalized spacial score (nSPS) is 10.1. The minimum atomic E-state index is -1.21. The Hall–Kier alpha value is -2.84. The third-order valence-corrected chi connectivity index (χ3v) is 1.93. The molecule has 0 fully saturated rings. The molecule has 0 saturated carbocycles. The molecule has 1 N–H and O–H groups in total. The molecule has 17 heavy (non-hydrogen) atoms. The van der Waals surface area contributed by atoms with Gasteiger partial charge in [-0.15, -0.1) is 5.10 Å². The van der Waals surface area contributed by atoms with Gasteiger partial charge < -0.3 is 5.11 Å². The van der Waals surface area contributed by atoms with Crippen LogP contribution < -0.4 is 0 Å². The monoisotopic (exact) mass is 235 g/mol. The van der Waals surface area contributed by atoms with Crippen molar-refractivity contribution in [1.82, 2.24) is 20.0 Å². The Morgan fingerprint density at radius 3 is 2.88 bits per heavy atom. The first-order chi connectivity index (χ1) is 8.09. The molecular formula is C8H5N5O4. The Labute approximate surface area is 93.5 Å². The smallest absolute Gasteiger partial charge is 0.339 e. The van der Waals surface area contributed by atoms with Crippen molar-refractivity contribution in [2.45, 2.75) is 0 Å². The number of nitrogens with zero attached hydrogens (tertiary/aromatic N) is 5. The van der Waals surface area contributed by atoms with Gasteiger partial charge in [-0.2, -0.15) is 10.2 Å². The van der Waals surface area contributed by atoms with Gasteiger partial charge in [0, 0.05) is 0 Å². The SMILES string of the molecule is O=C(O)c1ccnnc1-n1cc([N+](=O)[O-])cn1. The van der Waals surface area contributed by atoms with E-state index >= 15 is 0 Å². The lowest BCUT2D eigenvalue weighted by Gasteiger charge is -2.01. The van der Waals surface area contributed by atoms with Crippen molar-refractivity contribution in [2.75, 3.05) is 0 Å². The van der Waals surface area contributed by atoms with Crippen LogP contribution in [0.3, 0.4) is 0 Å². The van der Waals surface area contributed by atoms with Crippen LogP contribution in [0.4, 0.5) is 5.69 Å². The van der Waals surface area contributed by atoms with E-state index in [1.54, 1.807) is 0 Å². The molecule has 2 aromatic rings. The fourth-order valence-electron chi connectivity index (χ4n) is 1.18. The molecule has 0 aliphatic heterocycles. The summed E-state index contributed by atoms with van der Waals surface area (Å²) in [6.07, 6.45) is 3.28. The third-order valence-electron chi connectivity index (χ3n) is 1.93. The summed E-state index contributed by atoms with van der Waals surface area (Å²) in [5.74, 6) is -1.29. The first kappa shape index (κ1) is 10.7. The van der Waals surface area contributed by atoms with E-state index in [9.17, 15) is 14.9 Å². The van der Waals surface area contributed by atoms with E-state index in [1.807, 2.05) is 0 Å². The Kier molecular flexibility index (Phi) is 2.49. The lowest BCUT2D eigenvalue weighted by molar-refractivity contribution is -0.384. The molecule has 0 amide bonds. The topological polar surface area (TPSA) is 124 Å². The summed E-state index contributed by atoms with van der Waals surface area (Å²) in [6.45, 7) is 0. The summed E-state index contributed by atoms with van der Waals surface area (Å²) in [6, 6.07) is 1.23. The van der Waals surface area contributed by atoms with Gasteiger partial charge >= 0.3 is 11.7 Å². The molecular weight excluding hydrogens is 230 g/mol. The Bertz CT molecular complexity index is 593. The largest absolute Gasteiger partial charge is 0.478 e. The average molecular weight is 235 g/mol. The third kappa shape index (κ3) is 1.93. The summed E-state index contributed by atoms with van der Waals surface area (Å²) in [5.41, 5.74) is -0.398. The zero-order chi connectivity index (χ0) is 12.4. The number of carboxylic acids is 1. The summed E-state index contributed by atoms with van der Waals surface area (Å²) in [4.78, 5) is 20.7. The van der Waals surface area contributed by atoms with Crippen LogP contribution in [0.1, 0.15) is 10.4 Å². The van der Waals surface area contributed by atoms with Crippen molar-refractivity contribution in [2.24, 2.45) is 0 Å². The quantitative estimate of drug-likeness (QED) is 0.597. The molecule has 0 radical (unpaired) electrons. The van der Waals surface area contributed by atoms with Gasteiger partial charge in [-0.05, 0) is 6.07 Å². The van der Waals surface area contributed by atoms with E-state index in [0.29, 0.717) is 0 Å². The molecule has 0 aromatic carbocycles. The highest BCUT2D eigenvalue weighted by atomic mass is 16.6. The Morgan fingerprint density at radius 1 is 1.53 bits per heavy atom. The van der Waals surface area contributed by atoms with Crippen molar-refractivity contribution in [3.05, 3.63) is 40.3 Å². The molecule has 0 aliphatic carbocycles. The van der Waals surface area contributed by atoms with E-state index < -0.39 is 10.9 Å². The number of hydrogen-bond acceptors (Lipinski definition) is 6. The van der Waals surface area contributed by atoms with E-state index in [1.165, 1.54) is 12.3 Å². The van der Waals surface area contributed by atoms with Gasteiger partial charge in [0.25, 0.3) is 0 Å². The highest BCUT2D eigenvalue weighted by Crippen LogP contribution is 2.14. The molecule has 0 unspecified atom stereocenters. The van der Waals surface area contributed by atoms with Gasteiger partial charge in [-0.1, -0.05) is 0 Å². The lowest BCUT2D eigenvalue weighted by atomic mass is 10.3. The van der Waals surface area contributed by atoms with E-state index in [-0.39, 0.29) is 17.1 Å². The number of nitro groups is 1. The van der Waals surface area contributed by atoms with Crippen molar-refractivity contribution in [3.8, 4) is 5.82 Å². The summed E-state index contributed by atoms with van der Waals surface area (Å²) in [5, 5.41) is 30.1. The molecule has 9 heteroatoms. The molecule has 0 atom stereocenters. The molecule has 0 aliphatic rings. The average Bonchev–Trinajstić information content (AvgIpc) is 2.78. The standard InChI is InChI=1S/C8H5N5O4/c14-8(15)6-1-2-9-11-7(6)12-4-5(3-10-12)13(16)17/h1-4H,(H,14,15). The molecule has 0 bridgehead atoms. The molecule has 2 heterocycles. The number of carboxylic acid groups (broad SMARTS) is 1. The van der Waals surface area contributed by atoms with E-state index in [0.717, 1.165) is 17.1 Å². The number of hydrogen-bond donors (Lipinski definition) is 1. The minimum Gasteiger partial charge on any atom is -0.478 e. The fraction of sp³-hybridized carbons (Fsp3) is 0. The van der Waals surface area contributed by atoms with Gasteiger partial charge in [0.05, 0.1) is 11.1 Å². The number of rotatable bonds is 3. The molecule has 86 valence electrons. The number of carbonyl (C=O) groups is 1. The van der Waals surface area contributed by atoms with Crippen molar-refractivity contribution >= 4 is 11.7 Å². The van der Waals surface area contributed by atoms with Crippen LogP contribution in [0.15, 0.2) is 24.7 Å². The van der Waals surface area contributed by atoms with Crippen molar-refractivity contribution in [1.29, 1.82) is 0 Å². The second-order valence-electron chi connectivity index (χ2n) is 2.97. The molecule has 2 rings (SSSR count). The first-order valence-corrected chi connectivity index (χ1v) is 4.34. The predicted molar refractivity (Wildman–Crippen MR) is 52.8 cm³/mol. The zero-order valence-corrected chi connectivity index (χ0v) is 8.22. The lowest BCUT2D eigenvalue weighted by Crippen LogP contribution is -2.09. The number of aromatic carboxylic acids is 1. The first-order valence-electron chi connectivity index (χ1n) is 4.34. The summed E-state index contributed by atoms with van der Waals surface area (Å²) >= 11 is 0. The molecule has 0 saturated heterocycles. The highest BCUT2D eigenvalue weighted by molar-refractivity contribution is 5.90. The second-order valence-corrected chi connectivity index (χ2v) is 2.97. The van der Waals surface area contributed by atoms with E-state index in [2.05, 4.69) is 15.3 Å². The van der Waals surface area contributed by atoms with Crippen LogP contribution in [0.2, 0.25) is 0 Å². The summed E-state index contributed by atoms with van der Waals surface area (Å²) < 4.78 is 0.995. The van der Waals surface area contributed by atoms with Crippen LogP contribution in [0, 0.1) is 10.1 Å². The van der Waals surface area contributed by atoms with Gasteiger partial charge in [0.15, 0.2) is 5.82 Å². The number of aromatic nitrogens is 4.